The van der Waals surface area contributed by atoms with Crippen molar-refractivity contribution in [2.45, 2.75) is 32.2 Å². The van der Waals surface area contributed by atoms with Crippen molar-refractivity contribution in [3.8, 4) is 0 Å². The molecule has 0 bridgehead atoms. The number of aromatic nitrogens is 1. The topological polar surface area (TPSA) is 45.2 Å². The minimum atomic E-state index is 0.0815. The van der Waals surface area contributed by atoms with Gasteiger partial charge in [-0.25, -0.2) is 0 Å². The van der Waals surface area contributed by atoms with Crippen LogP contribution >= 0.6 is 0 Å². The van der Waals surface area contributed by atoms with Gasteiger partial charge < -0.3 is 10.2 Å². The predicted molar refractivity (Wildman–Crippen MR) is 71.5 cm³/mol. The molecule has 1 aliphatic heterocycles. The van der Waals surface area contributed by atoms with Gasteiger partial charge in [-0.1, -0.05) is 6.42 Å². The second-order valence-electron chi connectivity index (χ2n) is 4.73. The van der Waals surface area contributed by atoms with Gasteiger partial charge in [-0.05, 0) is 38.4 Å². The van der Waals surface area contributed by atoms with Crippen molar-refractivity contribution in [1.82, 2.24) is 15.2 Å². The fourth-order valence-electron chi connectivity index (χ4n) is 2.37. The zero-order chi connectivity index (χ0) is 12.8. The molecule has 98 valence electrons. The molecule has 0 radical (unpaired) electrons. The minimum Gasteiger partial charge on any atom is -0.337 e. The lowest BCUT2D eigenvalue weighted by Gasteiger charge is -2.30. The lowest BCUT2D eigenvalue weighted by molar-refractivity contribution is 0.0741. The van der Waals surface area contributed by atoms with Gasteiger partial charge in [-0.2, -0.15) is 0 Å². The molecule has 0 aliphatic carbocycles. The highest BCUT2D eigenvalue weighted by Crippen LogP contribution is 2.10. The Balaban J connectivity index is 1.97. The van der Waals surface area contributed by atoms with E-state index in [1.807, 2.05) is 17.9 Å². The minimum absolute atomic E-state index is 0.0815. The number of nitrogens with zero attached hydrogens (tertiary/aromatic N) is 2. The number of amides is 1. The Kier molecular flexibility index (Phi) is 4.70. The average Bonchev–Trinajstić information content (AvgIpc) is 2.46. The average molecular weight is 247 g/mol. The molecule has 1 aliphatic rings. The van der Waals surface area contributed by atoms with Crippen LogP contribution in [-0.2, 0) is 0 Å². The molecular formula is C14H21N3O. The fourth-order valence-corrected chi connectivity index (χ4v) is 2.37. The zero-order valence-corrected chi connectivity index (χ0v) is 10.9. The van der Waals surface area contributed by atoms with E-state index >= 15 is 0 Å². The van der Waals surface area contributed by atoms with E-state index in [4.69, 9.17) is 0 Å². The van der Waals surface area contributed by atoms with Crippen LogP contribution in [0.25, 0.3) is 0 Å². The first-order valence-electron chi connectivity index (χ1n) is 6.74. The van der Waals surface area contributed by atoms with E-state index < -0.39 is 0 Å². The summed E-state index contributed by atoms with van der Waals surface area (Å²) >= 11 is 0. The molecule has 18 heavy (non-hydrogen) atoms. The van der Waals surface area contributed by atoms with Gasteiger partial charge in [-0.15, -0.1) is 0 Å². The van der Waals surface area contributed by atoms with Gasteiger partial charge in [0.1, 0.15) is 0 Å². The van der Waals surface area contributed by atoms with Crippen LogP contribution in [0.4, 0.5) is 0 Å². The summed E-state index contributed by atoms with van der Waals surface area (Å²) in [5.41, 5.74) is 0.676. The first kappa shape index (κ1) is 13.0. The van der Waals surface area contributed by atoms with Crippen LogP contribution in [0.15, 0.2) is 24.5 Å². The van der Waals surface area contributed by atoms with Crippen LogP contribution in [-0.4, -0.2) is 41.5 Å². The van der Waals surface area contributed by atoms with Crippen molar-refractivity contribution in [3.63, 3.8) is 0 Å². The van der Waals surface area contributed by atoms with E-state index in [0.717, 1.165) is 26.1 Å². The molecule has 0 saturated carbocycles. The highest BCUT2D eigenvalue weighted by Gasteiger charge is 2.20. The van der Waals surface area contributed by atoms with Gasteiger partial charge in [-0.3, -0.25) is 9.78 Å². The number of carbonyl (C=O) groups is 1. The van der Waals surface area contributed by atoms with Gasteiger partial charge in [0.05, 0.1) is 5.56 Å². The maximum atomic E-state index is 12.3. The first-order chi connectivity index (χ1) is 8.81. The maximum absolute atomic E-state index is 12.3. The van der Waals surface area contributed by atoms with Crippen molar-refractivity contribution < 1.29 is 4.79 Å². The molecule has 1 atom stereocenters. The third-order valence-corrected chi connectivity index (χ3v) is 3.43. The molecule has 4 heteroatoms. The van der Waals surface area contributed by atoms with E-state index in [9.17, 15) is 4.79 Å². The number of hydrogen-bond donors (Lipinski definition) is 1. The molecule has 0 aromatic carbocycles. The van der Waals surface area contributed by atoms with Crippen LogP contribution in [0.5, 0.6) is 0 Å². The van der Waals surface area contributed by atoms with Gasteiger partial charge >= 0.3 is 0 Å². The Morgan fingerprint density at radius 2 is 2.44 bits per heavy atom. The number of pyridine rings is 1. The van der Waals surface area contributed by atoms with E-state index in [2.05, 4.69) is 10.3 Å². The molecule has 2 rings (SSSR count). The molecule has 1 aromatic rings. The van der Waals surface area contributed by atoms with E-state index in [1.165, 1.54) is 12.8 Å². The van der Waals surface area contributed by atoms with Gasteiger partial charge in [0.15, 0.2) is 0 Å². The monoisotopic (exact) mass is 247 g/mol. The van der Waals surface area contributed by atoms with Gasteiger partial charge in [0, 0.05) is 31.5 Å². The standard InChI is InChI=1S/C14H21N3O/c1-2-17(11-13-7-3-4-9-16-13)14(18)12-6-5-8-15-10-12/h5-6,8,10,13,16H,2-4,7,9,11H2,1H3. The lowest BCUT2D eigenvalue weighted by atomic mass is 10.0. The molecular weight excluding hydrogens is 226 g/mol. The van der Waals surface area contributed by atoms with Crippen LogP contribution in [0.3, 0.4) is 0 Å². The van der Waals surface area contributed by atoms with E-state index in [1.54, 1.807) is 18.5 Å². The normalized spacial score (nSPS) is 19.5. The number of piperidine rings is 1. The molecule has 1 amide bonds. The van der Waals surface area contributed by atoms with Gasteiger partial charge in [0.2, 0.25) is 0 Å². The Bertz CT molecular complexity index is 374. The summed E-state index contributed by atoms with van der Waals surface area (Å²) in [7, 11) is 0. The molecule has 4 nitrogen and oxygen atoms in total. The summed E-state index contributed by atoms with van der Waals surface area (Å²) < 4.78 is 0. The van der Waals surface area contributed by atoms with E-state index in [-0.39, 0.29) is 5.91 Å². The fraction of sp³-hybridized carbons (Fsp3) is 0.571. The highest BCUT2D eigenvalue weighted by atomic mass is 16.2. The third-order valence-electron chi connectivity index (χ3n) is 3.43. The van der Waals surface area contributed by atoms with Crippen LogP contribution in [0.2, 0.25) is 0 Å². The summed E-state index contributed by atoms with van der Waals surface area (Å²) in [4.78, 5) is 18.2. The first-order valence-corrected chi connectivity index (χ1v) is 6.74. The Morgan fingerprint density at radius 3 is 3.06 bits per heavy atom. The smallest absolute Gasteiger partial charge is 0.255 e. The second kappa shape index (κ2) is 6.50. The third kappa shape index (κ3) is 3.29. The number of hydrogen-bond acceptors (Lipinski definition) is 3. The molecule has 1 N–H and O–H groups in total. The van der Waals surface area contributed by atoms with Crippen molar-refractivity contribution in [1.29, 1.82) is 0 Å². The van der Waals surface area contributed by atoms with Crippen molar-refractivity contribution in [2.24, 2.45) is 0 Å². The van der Waals surface area contributed by atoms with E-state index in [0.29, 0.717) is 11.6 Å². The quantitative estimate of drug-likeness (QED) is 0.880. The summed E-state index contributed by atoms with van der Waals surface area (Å²) in [6, 6.07) is 4.07. The number of likely N-dealkylation sites (N-methyl/N-ethyl adjacent to an activating group) is 1. The zero-order valence-electron chi connectivity index (χ0n) is 10.9. The van der Waals surface area contributed by atoms with Crippen molar-refractivity contribution >= 4 is 5.91 Å². The number of nitrogens with one attached hydrogen (secondary N) is 1. The van der Waals surface area contributed by atoms with Crippen molar-refractivity contribution in [3.05, 3.63) is 30.1 Å². The number of carbonyl (C=O) groups excluding carboxylic acids is 1. The molecule has 1 unspecified atom stereocenters. The summed E-state index contributed by atoms with van der Waals surface area (Å²) in [6.07, 6.45) is 7.00. The Morgan fingerprint density at radius 1 is 1.56 bits per heavy atom. The largest absolute Gasteiger partial charge is 0.337 e. The molecule has 2 heterocycles. The second-order valence-corrected chi connectivity index (χ2v) is 4.73. The predicted octanol–water partition coefficient (Wildman–Crippen LogP) is 1.69. The van der Waals surface area contributed by atoms with Crippen molar-refractivity contribution in [2.75, 3.05) is 19.6 Å². The number of rotatable bonds is 4. The Labute approximate surface area is 108 Å². The van der Waals surface area contributed by atoms with Gasteiger partial charge in [0.25, 0.3) is 5.91 Å². The maximum Gasteiger partial charge on any atom is 0.255 e. The molecule has 1 aromatic heterocycles. The lowest BCUT2D eigenvalue weighted by Crippen LogP contribution is -2.45. The Hall–Kier alpha value is -1.42. The molecule has 1 fully saturated rings. The van der Waals surface area contributed by atoms with Crippen LogP contribution < -0.4 is 5.32 Å². The van der Waals surface area contributed by atoms with Crippen LogP contribution in [0, 0.1) is 0 Å². The molecule has 0 spiro atoms. The highest BCUT2D eigenvalue weighted by molar-refractivity contribution is 5.93. The summed E-state index contributed by atoms with van der Waals surface area (Å²) in [6.45, 7) is 4.64. The summed E-state index contributed by atoms with van der Waals surface area (Å²) in [5, 5.41) is 3.48. The molecule has 1 saturated heterocycles. The summed E-state index contributed by atoms with van der Waals surface area (Å²) in [5.74, 6) is 0.0815. The SMILES string of the molecule is CCN(CC1CCCCN1)C(=O)c1cccnc1. The van der Waals surface area contributed by atoms with Crippen LogP contribution in [0.1, 0.15) is 36.5 Å².